The minimum Gasteiger partial charge on any atom is -0.506 e. The fourth-order valence-corrected chi connectivity index (χ4v) is 3.71. The van der Waals surface area contributed by atoms with Crippen molar-refractivity contribution in [1.82, 2.24) is 20.3 Å². The second-order valence-corrected chi connectivity index (χ2v) is 7.95. The molecule has 4 rings (SSSR count). The summed E-state index contributed by atoms with van der Waals surface area (Å²) >= 11 is 21.5. The molecule has 2 heterocycles. The Bertz CT molecular complexity index is 1310. The number of halogens is 4. The SMILES string of the molecule is NN=C(c1cc(Cl)cc(Br)c1O)c1nc2nonc2nc1Nc1ccc(Cl)c(Cl)c1. The van der Waals surface area contributed by atoms with Gasteiger partial charge in [0.25, 0.3) is 0 Å². The topological polar surface area (TPSA) is 135 Å². The summed E-state index contributed by atoms with van der Waals surface area (Å²) in [6, 6.07) is 7.93. The van der Waals surface area contributed by atoms with E-state index in [0.717, 1.165) is 0 Å². The predicted octanol–water partition coefficient (Wildman–Crippen LogP) is 4.90. The van der Waals surface area contributed by atoms with Gasteiger partial charge in [-0.15, -0.1) is 0 Å². The molecule has 4 N–H and O–H groups in total. The van der Waals surface area contributed by atoms with Crippen LogP contribution in [0.2, 0.25) is 15.1 Å². The van der Waals surface area contributed by atoms with Gasteiger partial charge in [-0.2, -0.15) is 5.10 Å². The second-order valence-electron chi connectivity index (χ2n) is 5.85. The number of phenols is 1. The molecule has 0 aliphatic rings. The lowest BCUT2D eigenvalue weighted by Gasteiger charge is -2.14. The predicted molar refractivity (Wildman–Crippen MR) is 118 cm³/mol. The van der Waals surface area contributed by atoms with Gasteiger partial charge in [0.1, 0.15) is 17.2 Å². The van der Waals surface area contributed by atoms with E-state index in [-0.39, 0.29) is 39.8 Å². The van der Waals surface area contributed by atoms with Crippen molar-refractivity contribution in [3.05, 3.63) is 61.1 Å². The number of rotatable bonds is 4. The smallest absolute Gasteiger partial charge is 0.245 e. The minimum absolute atomic E-state index is 0.0932. The molecule has 2 aromatic carbocycles. The molecule has 152 valence electrons. The minimum atomic E-state index is -0.135. The van der Waals surface area contributed by atoms with E-state index in [1.807, 2.05) is 0 Å². The van der Waals surface area contributed by atoms with Crippen LogP contribution in [0.3, 0.4) is 0 Å². The molecule has 0 aliphatic heterocycles. The van der Waals surface area contributed by atoms with Crippen molar-refractivity contribution < 1.29 is 9.74 Å². The molecular weight excluding hydrogens is 520 g/mol. The zero-order chi connectivity index (χ0) is 21.4. The number of nitrogens with one attached hydrogen (secondary N) is 1. The van der Waals surface area contributed by atoms with Crippen molar-refractivity contribution in [2.24, 2.45) is 10.9 Å². The van der Waals surface area contributed by atoms with Gasteiger partial charge in [0.15, 0.2) is 5.82 Å². The molecule has 0 saturated carbocycles. The van der Waals surface area contributed by atoms with E-state index in [9.17, 15) is 5.11 Å². The van der Waals surface area contributed by atoms with Crippen LogP contribution in [-0.2, 0) is 0 Å². The number of hydrogen-bond acceptors (Lipinski definition) is 9. The summed E-state index contributed by atoms with van der Waals surface area (Å²) in [6.07, 6.45) is 0. The second kappa shape index (κ2) is 8.23. The third-order valence-corrected chi connectivity index (χ3v) is 5.50. The number of nitrogens with zero attached hydrogens (tertiary/aromatic N) is 5. The molecule has 0 spiro atoms. The van der Waals surface area contributed by atoms with E-state index in [1.54, 1.807) is 18.2 Å². The zero-order valence-corrected chi connectivity index (χ0v) is 18.4. The van der Waals surface area contributed by atoms with Crippen LogP contribution in [0.25, 0.3) is 11.3 Å². The van der Waals surface area contributed by atoms with Gasteiger partial charge in [0, 0.05) is 16.3 Å². The van der Waals surface area contributed by atoms with Gasteiger partial charge in [0.05, 0.1) is 14.5 Å². The van der Waals surface area contributed by atoms with E-state index in [0.29, 0.717) is 25.2 Å². The van der Waals surface area contributed by atoms with Crippen LogP contribution in [0.15, 0.2) is 44.5 Å². The van der Waals surface area contributed by atoms with Crippen molar-refractivity contribution in [3.8, 4) is 5.75 Å². The molecule has 0 unspecified atom stereocenters. The first-order valence-electron chi connectivity index (χ1n) is 8.06. The molecule has 13 heteroatoms. The molecular formula is C17H9BrCl3N7O2. The fourth-order valence-electron chi connectivity index (χ4n) is 2.61. The fraction of sp³-hybridized carbons (Fsp3) is 0. The van der Waals surface area contributed by atoms with Crippen LogP contribution < -0.4 is 11.2 Å². The summed E-state index contributed by atoms with van der Waals surface area (Å²) in [5, 5.41) is 25.9. The standard InChI is InChI=1S/C17H9BrCl3N7O2/c18-9-4-6(19)3-8(14(9)29)12(26-22)13-15(25-17-16(24-13)27-30-28-17)23-7-1-2-10(20)11(21)5-7/h1-5,29H,22H2,(H,23,25,28). The van der Waals surface area contributed by atoms with Gasteiger partial charge >= 0.3 is 0 Å². The molecule has 2 aromatic heterocycles. The molecule has 0 bridgehead atoms. The maximum absolute atomic E-state index is 10.5. The van der Waals surface area contributed by atoms with Gasteiger partial charge in [0.2, 0.25) is 11.3 Å². The average molecular weight is 530 g/mol. The van der Waals surface area contributed by atoms with E-state index in [4.69, 9.17) is 45.3 Å². The van der Waals surface area contributed by atoms with Gasteiger partial charge < -0.3 is 16.3 Å². The zero-order valence-electron chi connectivity index (χ0n) is 14.6. The van der Waals surface area contributed by atoms with Crippen LogP contribution in [0, 0.1) is 0 Å². The highest BCUT2D eigenvalue weighted by Crippen LogP contribution is 2.35. The van der Waals surface area contributed by atoms with Crippen LogP contribution >= 0.6 is 50.7 Å². The first kappa shape index (κ1) is 20.6. The molecule has 0 saturated heterocycles. The molecule has 4 aromatic rings. The third kappa shape index (κ3) is 3.86. The number of aromatic hydroxyl groups is 1. The number of nitrogens with two attached hydrogens (primary N) is 1. The number of hydrazone groups is 1. The summed E-state index contributed by atoms with van der Waals surface area (Å²) in [5.41, 5.74) is 1.30. The number of benzene rings is 2. The summed E-state index contributed by atoms with van der Waals surface area (Å²) in [6.45, 7) is 0. The highest BCUT2D eigenvalue weighted by molar-refractivity contribution is 9.10. The molecule has 0 radical (unpaired) electrons. The van der Waals surface area contributed by atoms with Gasteiger partial charge in [-0.25, -0.2) is 14.6 Å². The quantitative estimate of drug-likeness (QED) is 0.193. The lowest BCUT2D eigenvalue weighted by atomic mass is 10.1. The highest BCUT2D eigenvalue weighted by atomic mass is 79.9. The Morgan fingerprint density at radius 2 is 1.80 bits per heavy atom. The Morgan fingerprint density at radius 3 is 2.50 bits per heavy atom. The third-order valence-electron chi connectivity index (χ3n) is 3.93. The first-order valence-corrected chi connectivity index (χ1v) is 9.99. The number of phenolic OH excluding ortho intramolecular Hbond substituents is 1. The largest absolute Gasteiger partial charge is 0.506 e. The Morgan fingerprint density at radius 1 is 1.07 bits per heavy atom. The molecule has 9 nitrogen and oxygen atoms in total. The van der Waals surface area contributed by atoms with Crippen LogP contribution in [-0.4, -0.2) is 31.1 Å². The average Bonchev–Trinajstić information content (AvgIpc) is 3.16. The maximum atomic E-state index is 10.5. The number of hydrogen-bond donors (Lipinski definition) is 3. The number of aromatic nitrogens is 4. The van der Waals surface area contributed by atoms with Gasteiger partial charge in [-0.3, -0.25) is 0 Å². The molecule has 0 fully saturated rings. The van der Waals surface area contributed by atoms with E-state index < -0.39 is 0 Å². The van der Waals surface area contributed by atoms with E-state index >= 15 is 0 Å². The molecule has 0 atom stereocenters. The lowest BCUT2D eigenvalue weighted by molar-refractivity contribution is 0.314. The van der Waals surface area contributed by atoms with E-state index in [2.05, 4.69) is 46.6 Å². The van der Waals surface area contributed by atoms with Gasteiger partial charge in [-0.05, 0) is 56.6 Å². The van der Waals surface area contributed by atoms with Crippen molar-refractivity contribution in [2.75, 3.05) is 5.32 Å². The summed E-state index contributed by atoms with van der Waals surface area (Å²) in [7, 11) is 0. The molecule has 0 amide bonds. The van der Waals surface area contributed by atoms with Crippen molar-refractivity contribution >= 4 is 79.2 Å². The monoisotopic (exact) mass is 527 g/mol. The lowest BCUT2D eigenvalue weighted by Crippen LogP contribution is -2.14. The maximum Gasteiger partial charge on any atom is 0.245 e. The van der Waals surface area contributed by atoms with Crippen molar-refractivity contribution in [2.45, 2.75) is 0 Å². The highest BCUT2D eigenvalue weighted by Gasteiger charge is 2.23. The van der Waals surface area contributed by atoms with Gasteiger partial charge in [-0.1, -0.05) is 34.8 Å². The van der Waals surface area contributed by atoms with E-state index in [1.165, 1.54) is 12.1 Å². The number of anilines is 2. The summed E-state index contributed by atoms with van der Waals surface area (Å²) in [5.74, 6) is 5.73. The Balaban J connectivity index is 1.90. The summed E-state index contributed by atoms with van der Waals surface area (Å²) < 4.78 is 5.05. The van der Waals surface area contributed by atoms with Crippen LogP contribution in [0.5, 0.6) is 5.75 Å². The Hall–Kier alpha value is -2.66. The normalized spacial score (nSPS) is 11.8. The Kier molecular flexibility index (Phi) is 5.65. The summed E-state index contributed by atoms with van der Waals surface area (Å²) in [4.78, 5) is 8.76. The van der Waals surface area contributed by atoms with Crippen LogP contribution in [0.4, 0.5) is 11.5 Å². The van der Waals surface area contributed by atoms with Crippen molar-refractivity contribution in [1.29, 1.82) is 0 Å². The molecule has 0 aliphatic carbocycles. The van der Waals surface area contributed by atoms with Crippen molar-refractivity contribution in [3.63, 3.8) is 0 Å². The first-order chi connectivity index (χ1) is 14.4. The van der Waals surface area contributed by atoms with Crippen LogP contribution in [0.1, 0.15) is 11.3 Å². The number of fused-ring (bicyclic) bond motifs is 1. The Labute approximate surface area is 191 Å². The molecule has 30 heavy (non-hydrogen) atoms.